The van der Waals surface area contributed by atoms with Gasteiger partial charge in [0.15, 0.2) is 0 Å². The van der Waals surface area contributed by atoms with Crippen molar-refractivity contribution in [3.63, 3.8) is 0 Å². The zero-order valence-electron chi connectivity index (χ0n) is 9.46. The molecule has 0 atom stereocenters. The molecule has 1 heterocycles. The molecule has 0 aromatic carbocycles. The minimum Gasteiger partial charge on any atom is -0.388 e. The summed E-state index contributed by atoms with van der Waals surface area (Å²) in [5.74, 6) is 0. The van der Waals surface area contributed by atoms with Gasteiger partial charge in [0.05, 0.1) is 5.60 Å². The van der Waals surface area contributed by atoms with Crippen LogP contribution in [0, 0.1) is 0 Å². The van der Waals surface area contributed by atoms with Crippen LogP contribution in [0.4, 0.5) is 13.2 Å². The predicted molar refractivity (Wildman–Crippen MR) is 56.0 cm³/mol. The lowest BCUT2D eigenvalue weighted by Gasteiger charge is -2.31. The summed E-state index contributed by atoms with van der Waals surface area (Å²) in [5.41, 5.74) is -1.27. The fraction of sp³-hybridized carbons (Fsp3) is 1.00. The van der Waals surface area contributed by atoms with Gasteiger partial charge in [-0.1, -0.05) is 0 Å². The molecule has 108 valence electrons. The Morgan fingerprint density at radius 3 is 2.28 bits per heavy atom. The number of aliphatic hydroxyl groups is 1. The summed E-state index contributed by atoms with van der Waals surface area (Å²) in [7, 11) is -4.27. The summed E-state index contributed by atoms with van der Waals surface area (Å²) in [6, 6.07) is 0. The summed E-state index contributed by atoms with van der Waals surface area (Å²) in [6.07, 6.45) is -4.16. The first-order valence-electron chi connectivity index (χ1n) is 5.23. The summed E-state index contributed by atoms with van der Waals surface area (Å²) in [5, 5.41) is 9.91. The molecule has 6 nitrogen and oxygen atoms in total. The zero-order valence-corrected chi connectivity index (χ0v) is 10.3. The fourth-order valence-corrected chi connectivity index (χ4v) is 2.30. The maximum atomic E-state index is 11.8. The standard InChI is InChI=1S/C8H15F3N2O4S/c9-8(10,11)6-13-18(15,16)12-5-7(14)1-3-17-4-2-7/h12-14H,1-6H2. The average molecular weight is 292 g/mol. The van der Waals surface area contributed by atoms with E-state index in [4.69, 9.17) is 4.74 Å². The molecule has 0 aromatic rings. The van der Waals surface area contributed by atoms with Crippen molar-refractivity contribution in [1.29, 1.82) is 0 Å². The Kier molecular flexibility index (Phi) is 4.95. The molecule has 1 saturated heterocycles. The lowest BCUT2D eigenvalue weighted by molar-refractivity contribution is -0.121. The van der Waals surface area contributed by atoms with Crippen LogP contribution in [0.15, 0.2) is 0 Å². The molecule has 18 heavy (non-hydrogen) atoms. The number of nitrogens with one attached hydrogen (secondary N) is 2. The van der Waals surface area contributed by atoms with E-state index in [2.05, 4.69) is 0 Å². The van der Waals surface area contributed by atoms with Gasteiger partial charge in [0.2, 0.25) is 0 Å². The largest absolute Gasteiger partial charge is 0.402 e. The molecule has 0 radical (unpaired) electrons. The van der Waals surface area contributed by atoms with Crippen molar-refractivity contribution >= 4 is 10.2 Å². The molecule has 0 aliphatic carbocycles. The first-order chi connectivity index (χ1) is 8.12. The van der Waals surface area contributed by atoms with Crippen molar-refractivity contribution in [3.05, 3.63) is 0 Å². The Labute approximate surface area is 103 Å². The number of halogens is 3. The van der Waals surface area contributed by atoms with Crippen molar-refractivity contribution < 1.29 is 31.4 Å². The van der Waals surface area contributed by atoms with Gasteiger partial charge in [0.1, 0.15) is 6.54 Å². The third-order valence-corrected chi connectivity index (χ3v) is 3.53. The van der Waals surface area contributed by atoms with Crippen LogP contribution in [0.2, 0.25) is 0 Å². The first-order valence-corrected chi connectivity index (χ1v) is 6.71. The normalized spacial score (nSPS) is 20.9. The van der Waals surface area contributed by atoms with Crippen molar-refractivity contribution in [2.45, 2.75) is 24.6 Å². The zero-order chi connectivity index (χ0) is 13.9. The third-order valence-electron chi connectivity index (χ3n) is 2.48. The van der Waals surface area contributed by atoms with Crippen molar-refractivity contribution in [3.8, 4) is 0 Å². The Morgan fingerprint density at radius 1 is 1.22 bits per heavy atom. The maximum Gasteiger partial charge on any atom is 0.402 e. The van der Waals surface area contributed by atoms with E-state index in [0.717, 1.165) is 0 Å². The Bertz CT molecular complexity index is 365. The van der Waals surface area contributed by atoms with Crippen LogP contribution in [0.3, 0.4) is 0 Å². The van der Waals surface area contributed by atoms with Gasteiger partial charge in [-0.3, -0.25) is 0 Å². The van der Waals surface area contributed by atoms with Crippen LogP contribution >= 0.6 is 0 Å². The van der Waals surface area contributed by atoms with Crippen molar-refractivity contribution in [2.24, 2.45) is 0 Å². The van der Waals surface area contributed by atoms with Gasteiger partial charge in [-0.2, -0.15) is 31.0 Å². The maximum absolute atomic E-state index is 11.8. The molecule has 3 N–H and O–H groups in total. The van der Waals surface area contributed by atoms with E-state index in [9.17, 15) is 26.7 Å². The van der Waals surface area contributed by atoms with Crippen LogP contribution in [0.1, 0.15) is 12.8 Å². The summed E-state index contributed by atoms with van der Waals surface area (Å²) in [4.78, 5) is 0. The Morgan fingerprint density at radius 2 is 1.78 bits per heavy atom. The lowest BCUT2D eigenvalue weighted by atomic mass is 9.95. The molecule has 0 amide bonds. The van der Waals surface area contributed by atoms with Crippen LogP contribution in [0.5, 0.6) is 0 Å². The van der Waals surface area contributed by atoms with Gasteiger partial charge in [0.25, 0.3) is 10.2 Å². The van der Waals surface area contributed by atoms with Crippen LogP contribution < -0.4 is 9.44 Å². The second-order valence-corrected chi connectivity index (χ2v) is 5.68. The summed E-state index contributed by atoms with van der Waals surface area (Å²) >= 11 is 0. The molecule has 1 fully saturated rings. The van der Waals surface area contributed by atoms with Crippen molar-refractivity contribution in [2.75, 3.05) is 26.3 Å². The van der Waals surface area contributed by atoms with Gasteiger partial charge in [-0.05, 0) is 0 Å². The first kappa shape index (κ1) is 15.6. The quantitative estimate of drug-likeness (QED) is 0.638. The molecular formula is C8H15F3N2O4S. The van der Waals surface area contributed by atoms with Gasteiger partial charge >= 0.3 is 6.18 Å². The number of alkyl halides is 3. The minimum atomic E-state index is -4.62. The van der Waals surface area contributed by atoms with E-state index >= 15 is 0 Å². The SMILES string of the molecule is O=S(=O)(NCC(F)(F)F)NCC1(O)CCOCC1. The highest BCUT2D eigenvalue weighted by Crippen LogP contribution is 2.19. The van der Waals surface area contributed by atoms with E-state index in [1.807, 2.05) is 4.72 Å². The molecule has 0 saturated carbocycles. The number of hydrogen-bond acceptors (Lipinski definition) is 4. The topological polar surface area (TPSA) is 87.7 Å². The smallest absolute Gasteiger partial charge is 0.388 e. The fourth-order valence-electron chi connectivity index (χ4n) is 1.39. The highest BCUT2D eigenvalue weighted by molar-refractivity contribution is 7.87. The molecule has 10 heteroatoms. The monoisotopic (exact) mass is 292 g/mol. The summed E-state index contributed by atoms with van der Waals surface area (Å²) in [6.45, 7) is -1.42. The second kappa shape index (κ2) is 5.70. The van der Waals surface area contributed by atoms with Gasteiger partial charge in [-0.15, -0.1) is 0 Å². The van der Waals surface area contributed by atoms with E-state index in [1.54, 1.807) is 0 Å². The van der Waals surface area contributed by atoms with Crippen LogP contribution in [-0.2, 0) is 14.9 Å². The number of rotatable bonds is 5. The van der Waals surface area contributed by atoms with Gasteiger partial charge in [-0.25, -0.2) is 0 Å². The van der Waals surface area contributed by atoms with Crippen LogP contribution in [-0.4, -0.2) is 51.6 Å². The molecular weight excluding hydrogens is 277 g/mol. The van der Waals surface area contributed by atoms with E-state index in [1.165, 1.54) is 4.72 Å². The number of ether oxygens (including phenoxy) is 1. The summed E-state index contributed by atoms with van der Waals surface area (Å²) < 4.78 is 66.1. The molecule has 1 aliphatic heterocycles. The van der Waals surface area contributed by atoms with Crippen molar-refractivity contribution in [1.82, 2.24) is 9.44 Å². The second-order valence-electron chi connectivity index (χ2n) is 4.10. The molecule has 0 unspecified atom stereocenters. The van der Waals surface area contributed by atoms with E-state index in [-0.39, 0.29) is 32.6 Å². The predicted octanol–water partition coefficient (Wildman–Crippen LogP) is -0.486. The molecule has 1 aliphatic rings. The highest BCUT2D eigenvalue weighted by Gasteiger charge is 2.33. The molecule has 0 bridgehead atoms. The van der Waals surface area contributed by atoms with Crippen LogP contribution in [0.25, 0.3) is 0 Å². The highest BCUT2D eigenvalue weighted by atomic mass is 32.2. The molecule has 0 aromatic heterocycles. The van der Waals surface area contributed by atoms with Gasteiger partial charge in [0, 0.05) is 32.6 Å². The number of hydrogen-bond donors (Lipinski definition) is 3. The van der Waals surface area contributed by atoms with E-state index in [0.29, 0.717) is 0 Å². The van der Waals surface area contributed by atoms with E-state index < -0.39 is 28.5 Å². The van der Waals surface area contributed by atoms with Gasteiger partial charge < -0.3 is 9.84 Å². The minimum absolute atomic E-state index is 0.231. The average Bonchev–Trinajstić information content (AvgIpc) is 2.25. The Balaban J connectivity index is 2.41. The third kappa shape index (κ3) is 5.96. The lowest BCUT2D eigenvalue weighted by Crippen LogP contribution is -2.50. The molecule has 1 rings (SSSR count). The Hall–Kier alpha value is -0.420. The molecule has 0 spiro atoms.